The molecule has 0 bridgehead atoms. The topological polar surface area (TPSA) is 54.4 Å². The molecule has 1 N–H and O–H groups in total. The summed E-state index contributed by atoms with van der Waals surface area (Å²) in [4.78, 5) is 0. The summed E-state index contributed by atoms with van der Waals surface area (Å²) < 4.78 is 29.8. The van der Waals surface area contributed by atoms with Crippen LogP contribution in [0.5, 0.6) is 0 Å². The highest BCUT2D eigenvalue weighted by molar-refractivity contribution is 7.85. The summed E-state index contributed by atoms with van der Waals surface area (Å²) in [6.07, 6.45) is 1.56. The molecule has 0 atom stereocenters. The fourth-order valence-corrected chi connectivity index (χ4v) is 1.72. The Balaban J connectivity index is 3.08. The predicted molar refractivity (Wildman–Crippen MR) is 51.8 cm³/mol. The molecule has 0 spiro atoms. The Labute approximate surface area is 77.5 Å². The first-order valence-corrected chi connectivity index (χ1v) is 5.29. The molecule has 70 valence electrons. The van der Waals surface area contributed by atoms with Crippen molar-refractivity contribution in [2.24, 2.45) is 0 Å². The zero-order valence-corrected chi connectivity index (χ0v) is 7.79. The van der Waals surface area contributed by atoms with Crippen LogP contribution >= 0.6 is 0 Å². The van der Waals surface area contributed by atoms with Crippen LogP contribution in [0.4, 0.5) is 0 Å². The van der Waals surface area contributed by atoms with Crippen LogP contribution in [-0.2, 0) is 15.9 Å². The van der Waals surface area contributed by atoms with E-state index >= 15 is 0 Å². The summed E-state index contributed by atoms with van der Waals surface area (Å²) in [5.74, 6) is -0.366. The van der Waals surface area contributed by atoms with Gasteiger partial charge in [-0.05, 0) is 11.1 Å². The standard InChI is InChI=1S/C9H10O3S/c1-2-8-5-3-4-6-9(8)7-13(10,11)12/h2-6H,1,7H2,(H,10,11,12). The van der Waals surface area contributed by atoms with E-state index in [2.05, 4.69) is 6.58 Å². The van der Waals surface area contributed by atoms with E-state index in [-0.39, 0.29) is 5.75 Å². The van der Waals surface area contributed by atoms with Gasteiger partial charge in [-0.3, -0.25) is 4.55 Å². The lowest BCUT2D eigenvalue weighted by molar-refractivity contribution is 0.482. The van der Waals surface area contributed by atoms with E-state index in [0.29, 0.717) is 5.56 Å². The van der Waals surface area contributed by atoms with Crippen molar-refractivity contribution in [2.75, 3.05) is 0 Å². The minimum absolute atomic E-state index is 0.366. The molecule has 1 aromatic carbocycles. The van der Waals surface area contributed by atoms with Crippen molar-refractivity contribution in [3.05, 3.63) is 42.0 Å². The molecule has 1 rings (SSSR count). The molecule has 0 aliphatic rings. The molecule has 0 saturated carbocycles. The quantitative estimate of drug-likeness (QED) is 0.752. The Kier molecular flexibility index (Phi) is 2.85. The molecule has 4 heteroatoms. The maximum Gasteiger partial charge on any atom is 0.269 e. The number of hydrogen-bond donors (Lipinski definition) is 1. The Morgan fingerprint density at radius 3 is 2.54 bits per heavy atom. The Hall–Kier alpha value is -1.13. The van der Waals surface area contributed by atoms with Gasteiger partial charge in [0.15, 0.2) is 0 Å². The van der Waals surface area contributed by atoms with Gasteiger partial charge in [0, 0.05) is 0 Å². The van der Waals surface area contributed by atoms with Crippen molar-refractivity contribution in [3.8, 4) is 0 Å². The lowest BCUT2D eigenvalue weighted by Crippen LogP contribution is -2.02. The molecule has 13 heavy (non-hydrogen) atoms. The van der Waals surface area contributed by atoms with Crippen molar-refractivity contribution >= 4 is 16.2 Å². The molecule has 1 aromatic rings. The fourth-order valence-electron chi connectivity index (χ4n) is 1.06. The minimum Gasteiger partial charge on any atom is -0.285 e. The Morgan fingerprint density at radius 1 is 1.38 bits per heavy atom. The van der Waals surface area contributed by atoms with Crippen molar-refractivity contribution < 1.29 is 13.0 Å². The van der Waals surface area contributed by atoms with E-state index in [4.69, 9.17) is 4.55 Å². The first kappa shape index (κ1) is 9.95. The molecule has 0 unspecified atom stereocenters. The SMILES string of the molecule is C=Cc1ccccc1CS(=O)(=O)O. The van der Waals surface area contributed by atoms with Gasteiger partial charge >= 0.3 is 0 Å². The van der Waals surface area contributed by atoms with Gasteiger partial charge in [-0.25, -0.2) is 0 Å². The van der Waals surface area contributed by atoms with Crippen LogP contribution < -0.4 is 0 Å². The normalized spacial score (nSPS) is 11.2. The summed E-state index contributed by atoms with van der Waals surface area (Å²) in [6.45, 7) is 3.55. The lowest BCUT2D eigenvalue weighted by atomic mass is 10.1. The summed E-state index contributed by atoms with van der Waals surface area (Å²) in [5.41, 5.74) is 1.28. The second-order valence-corrected chi connectivity index (χ2v) is 4.08. The second kappa shape index (κ2) is 3.72. The third kappa shape index (κ3) is 3.01. The van der Waals surface area contributed by atoms with Gasteiger partial charge in [-0.15, -0.1) is 0 Å². The number of benzene rings is 1. The van der Waals surface area contributed by atoms with Gasteiger partial charge in [0.1, 0.15) is 5.75 Å². The maximum absolute atomic E-state index is 10.6. The summed E-state index contributed by atoms with van der Waals surface area (Å²) >= 11 is 0. The first-order chi connectivity index (χ1) is 6.03. The second-order valence-electron chi connectivity index (χ2n) is 2.63. The fraction of sp³-hybridized carbons (Fsp3) is 0.111. The monoisotopic (exact) mass is 198 g/mol. The molecule has 3 nitrogen and oxygen atoms in total. The van der Waals surface area contributed by atoms with Crippen LogP contribution in [0.15, 0.2) is 30.8 Å². The van der Waals surface area contributed by atoms with Crippen LogP contribution in [0.3, 0.4) is 0 Å². The van der Waals surface area contributed by atoms with Crippen LogP contribution in [-0.4, -0.2) is 13.0 Å². The molecule has 0 radical (unpaired) electrons. The largest absolute Gasteiger partial charge is 0.285 e. The van der Waals surface area contributed by atoms with Crippen LogP contribution in [0, 0.1) is 0 Å². The van der Waals surface area contributed by atoms with Crippen molar-refractivity contribution in [2.45, 2.75) is 5.75 Å². The molecule has 0 heterocycles. The average Bonchev–Trinajstić information content (AvgIpc) is 2.02. The highest BCUT2D eigenvalue weighted by Gasteiger charge is 2.08. The van der Waals surface area contributed by atoms with Crippen LogP contribution in [0.25, 0.3) is 6.08 Å². The summed E-state index contributed by atoms with van der Waals surface area (Å²) in [6, 6.07) is 6.89. The van der Waals surface area contributed by atoms with Gasteiger partial charge in [0.05, 0.1) is 0 Å². The number of hydrogen-bond acceptors (Lipinski definition) is 2. The molecule has 0 aliphatic carbocycles. The van der Waals surface area contributed by atoms with E-state index in [1.54, 1.807) is 30.3 Å². The third-order valence-corrected chi connectivity index (χ3v) is 2.29. The predicted octanol–water partition coefficient (Wildman–Crippen LogP) is 1.72. The minimum atomic E-state index is -3.96. The van der Waals surface area contributed by atoms with Gasteiger partial charge in [-0.2, -0.15) is 8.42 Å². The van der Waals surface area contributed by atoms with Crippen LogP contribution in [0.1, 0.15) is 11.1 Å². The van der Waals surface area contributed by atoms with Gasteiger partial charge in [0.2, 0.25) is 0 Å². The first-order valence-electron chi connectivity index (χ1n) is 3.68. The zero-order chi connectivity index (χ0) is 9.90. The molecule has 0 aromatic heterocycles. The van der Waals surface area contributed by atoms with Crippen molar-refractivity contribution in [1.29, 1.82) is 0 Å². The molecular weight excluding hydrogens is 188 g/mol. The van der Waals surface area contributed by atoms with Crippen molar-refractivity contribution in [1.82, 2.24) is 0 Å². The molecule has 0 fully saturated rings. The number of rotatable bonds is 3. The van der Waals surface area contributed by atoms with Crippen LogP contribution in [0.2, 0.25) is 0 Å². The lowest BCUT2D eigenvalue weighted by Gasteiger charge is -2.02. The Bertz CT molecular complexity index is 407. The smallest absolute Gasteiger partial charge is 0.269 e. The van der Waals surface area contributed by atoms with E-state index in [0.717, 1.165) is 5.56 Å². The van der Waals surface area contributed by atoms with Crippen molar-refractivity contribution in [3.63, 3.8) is 0 Å². The zero-order valence-electron chi connectivity index (χ0n) is 6.97. The van der Waals surface area contributed by atoms with Gasteiger partial charge in [-0.1, -0.05) is 36.9 Å². The molecule has 0 amide bonds. The van der Waals surface area contributed by atoms with E-state index < -0.39 is 10.1 Å². The molecular formula is C9H10O3S. The van der Waals surface area contributed by atoms with E-state index in [1.807, 2.05) is 0 Å². The maximum atomic E-state index is 10.6. The van der Waals surface area contributed by atoms with E-state index in [1.165, 1.54) is 0 Å². The van der Waals surface area contributed by atoms with Gasteiger partial charge in [0.25, 0.3) is 10.1 Å². The van der Waals surface area contributed by atoms with Gasteiger partial charge < -0.3 is 0 Å². The van der Waals surface area contributed by atoms with E-state index in [9.17, 15) is 8.42 Å². The average molecular weight is 198 g/mol. The molecule has 0 saturated heterocycles. The third-order valence-electron chi connectivity index (χ3n) is 1.61. The Morgan fingerprint density at radius 2 is 2.00 bits per heavy atom. The highest BCUT2D eigenvalue weighted by Crippen LogP contribution is 2.12. The summed E-state index contributed by atoms with van der Waals surface area (Å²) in [7, 11) is -3.96. The molecule has 0 aliphatic heterocycles. The summed E-state index contributed by atoms with van der Waals surface area (Å²) in [5, 5.41) is 0. The highest BCUT2D eigenvalue weighted by atomic mass is 32.2.